The molecule has 1 amide bonds. The lowest BCUT2D eigenvalue weighted by Crippen LogP contribution is -2.36. The smallest absolute Gasteiger partial charge is 0.343 e. The van der Waals surface area contributed by atoms with Crippen LogP contribution in [-0.2, 0) is 14.3 Å². The predicted octanol–water partition coefficient (Wildman–Crippen LogP) is 3.76. The van der Waals surface area contributed by atoms with Gasteiger partial charge in [-0.25, -0.2) is 13.6 Å². The molecule has 0 unspecified atom stereocenters. The highest BCUT2D eigenvalue weighted by molar-refractivity contribution is 6.15. The van der Waals surface area contributed by atoms with E-state index in [0.717, 1.165) is 25.0 Å². The summed E-state index contributed by atoms with van der Waals surface area (Å²) in [5.41, 5.74) is -0.510. The molecule has 1 saturated heterocycles. The van der Waals surface area contributed by atoms with Crippen molar-refractivity contribution in [1.82, 2.24) is 4.90 Å². The molecule has 2 aliphatic rings. The Morgan fingerprint density at radius 2 is 1.87 bits per heavy atom. The normalized spacial score (nSPS) is 18.5. The Labute approximate surface area is 174 Å². The van der Waals surface area contributed by atoms with Crippen LogP contribution in [0.4, 0.5) is 8.78 Å². The number of carbonyl (C=O) groups excluding carboxylic acids is 2. The van der Waals surface area contributed by atoms with E-state index in [4.69, 9.17) is 4.74 Å². The van der Waals surface area contributed by atoms with E-state index < -0.39 is 28.9 Å². The Hall–Kier alpha value is -2.77. The van der Waals surface area contributed by atoms with E-state index in [0.29, 0.717) is 25.9 Å². The number of esters is 1. The number of ether oxygens (including phenoxy) is 1. The molecule has 1 saturated carbocycles. The molecule has 6 nitrogen and oxygen atoms in total. The zero-order valence-electron chi connectivity index (χ0n) is 17.2. The minimum Gasteiger partial charge on any atom is -0.506 e. The number of hydrogen-bond acceptors (Lipinski definition) is 5. The molecule has 0 spiro atoms. The average Bonchev–Trinajstić information content (AvgIpc) is 3.54. The maximum absolute atomic E-state index is 14.8. The average molecular weight is 420 g/mol. The Morgan fingerprint density at radius 3 is 2.43 bits per heavy atom. The van der Waals surface area contributed by atoms with Crippen LogP contribution < -0.4 is 0 Å². The summed E-state index contributed by atoms with van der Waals surface area (Å²) in [6.45, 7) is 4.13. The number of carbonyl (C=O) groups is 2. The van der Waals surface area contributed by atoms with E-state index in [2.05, 4.69) is 4.99 Å². The summed E-state index contributed by atoms with van der Waals surface area (Å²) in [7, 11) is 0. The second kappa shape index (κ2) is 9.36. The first-order valence-electron chi connectivity index (χ1n) is 10.2. The molecule has 2 fully saturated rings. The topological polar surface area (TPSA) is 79.2 Å². The van der Waals surface area contributed by atoms with Crippen molar-refractivity contribution < 1.29 is 28.2 Å². The summed E-state index contributed by atoms with van der Waals surface area (Å²) < 4.78 is 34.6. The van der Waals surface area contributed by atoms with Gasteiger partial charge in [0.05, 0.1) is 18.2 Å². The lowest BCUT2D eigenvalue weighted by atomic mass is 9.88. The Balaban J connectivity index is 1.89. The molecule has 1 aromatic rings. The van der Waals surface area contributed by atoms with Crippen molar-refractivity contribution in [2.24, 2.45) is 4.99 Å². The number of benzene rings is 1. The molecule has 0 radical (unpaired) electrons. The molecular weight excluding hydrogens is 394 g/mol. The van der Waals surface area contributed by atoms with Gasteiger partial charge in [-0.2, -0.15) is 0 Å². The van der Waals surface area contributed by atoms with Crippen molar-refractivity contribution in [3.8, 4) is 0 Å². The van der Waals surface area contributed by atoms with Crippen molar-refractivity contribution in [3.05, 3.63) is 40.5 Å². The van der Waals surface area contributed by atoms with Gasteiger partial charge in [0.1, 0.15) is 23.0 Å². The molecule has 0 aromatic heterocycles. The van der Waals surface area contributed by atoms with Gasteiger partial charge >= 0.3 is 5.97 Å². The van der Waals surface area contributed by atoms with Gasteiger partial charge in [-0.3, -0.25) is 9.79 Å². The summed E-state index contributed by atoms with van der Waals surface area (Å²) >= 11 is 0. The number of halogens is 2. The minimum absolute atomic E-state index is 0.0372. The maximum atomic E-state index is 14.8. The number of rotatable bonds is 6. The lowest BCUT2D eigenvalue weighted by Gasteiger charge is -2.31. The van der Waals surface area contributed by atoms with E-state index in [-0.39, 0.29) is 35.6 Å². The molecule has 1 heterocycles. The number of nitrogens with zero attached hydrogens (tertiary/aromatic N) is 2. The third-order valence-electron chi connectivity index (χ3n) is 5.43. The predicted molar refractivity (Wildman–Crippen MR) is 108 cm³/mol. The van der Waals surface area contributed by atoms with Crippen LogP contribution in [0.15, 0.2) is 22.7 Å². The number of hydrogen-bond donors (Lipinski definition) is 1. The fourth-order valence-electron chi connectivity index (χ4n) is 3.53. The second-order valence-electron chi connectivity index (χ2n) is 7.63. The standard InChI is InChI=1S/C22H26F2N2O4/c1-3-30-22(29)18(12-25-15-4-5-15)21(28)17-11-19(23)16(10-20(17)24)14-6-8-26(9-7-14)13(2)27/h10-12,14-15,28H,3-9H2,1-2H3. The fourth-order valence-corrected chi connectivity index (χ4v) is 3.53. The zero-order chi connectivity index (χ0) is 21.8. The van der Waals surface area contributed by atoms with Crippen molar-refractivity contribution >= 4 is 23.9 Å². The highest BCUT2D eigenvalue weighted by Gasteiger charge is 2.27. The summed E-state index contributed by atoms with van der Waals surface area (Å²) in [6, 6.07) is 2.05. The molecule has 30 heavy (non-hydrogen) atoms. The maximum Gasteiger partial charge on any atom is 0.343 e. The van der Waals surface area contributed by atoms with Gasteiger partial charge in [-0.05, 0) is 56.2 Å². The number of amides is 1. The van der Waals surface area contributed by atoms with Crippen LogP contribution in [0.1, 0.15) is 56.6 Å². The van der Waals surface area contributed by atoms with Gasteiger partial charge in [0.2, 0.25) is 5.91 Å². The van der Waals surface area contributed by atoms with E-state index in [9.17, 15) is 23.5 Å². The molecule has 0 bridgehead atoms. The minimum atomic E-state index is -0.847. The molecular formula is C22H26F2N2O4. The Morgan fingerprint density at radius 1 is 1.20 bits per heavy atom. The van der Waals surface area contributed by atoms with Gasteiger partial charge in [0, 0.05) is 26.2 Å². The van der Waals surface area contributed by atoms with Crippen LogP contribution in [0.25, 0.3) is 5.76 Å². The Bertz CT molecular complexity index is 885. The molecule has 1 aromatic carbocycles. The van der Waals surface area contributed by atoms with E-state index in [1.54, 1.807) is 11.8 Å². The van der Waals surface area contributed by atoms with Crippen LogP contribution in [0.5, 0.6) is 0 Å². The lowest BCUT2D eigenvalue weighted by molar-refractivity contribution is -0.137. The largest absolute Gasteiger partial charge is 0.506 e. The van der Waals surface area contributed by atoms with Crippen LogP contribution in [0.3, 0.4) is 0 Å². The third kappa shape index (κ3) is 5.04. The quantitative estimate of drug-likeness (QED) is 0.329. The Kier molecular flexibility index (Phi) is 6.84. The highest BCUT2D eigenvalue weighted by Crippen LogP contribution is 2.33. The van der Waals surface area contributed by atoms with Crippen LogP contribution in [0.2, 0.25) is 0 Å². The number of aliphatic hydroxyl groups excluding tert-OH is 1. The number of piperidine rings is 1. The SMILES string of the molecule is CCOC(=O)C(C=NC1CC1)=C(O)c1cc(F)c(C2CCN(C(C)=O)CC2)cc1F. The van der Waals surface area contributed by atoms with Crippen molar-refractivity contribution in [2.75, 3.05) is 19.7 Å². The highest BCUT2D eigenvalue weighted by atomic mass is 19.1. The van der Waals surface area contributed by atoms with Crippen molar-refractivity contribution in [2.45, 2.75) is 51.5 Å². The first kappa shape index (κ1) is 21.9. The third-order valence-corrected chi connectivity index (χ3v) is 5.43. The first-order chi connectivity index (χ1) is 14.3. The van der Waals surface area contributed by atoms with Crippen molar-refractivity contribution in [3.63, 3.8) is 0 Å². The molecule has 1 aliphatic heterocycles. The zero-order valence-corrected chi connectivity index (χ0v) is 17.2. The second-order valence-corrected chi connectivity index (χ2v) is 7.63. The van der Waals surface area contributed by atoms with Gasteiger partial charge in [-0.15, -0.1) is 0 Å². The number of likely N-dealkylation sites (tertiary alicyclic amines) is 1. The number of aliphatic imine (C=N–C) groups is 1. The van der Waals surface area contributed by atoms with Crippen LogP contribution in [0, 0.1) is 11.6 Å². The summed E-state index contributed by atoms with van der Waals surface area (Å²) in [5.74, 6) is -3.31. The van der Waals surface area contributed by atoms with Gasteiger partial charge in [0.15, 0.2) is 0 Å². The van der Waals surface area contributed by atoms with E-state index >= 15 is 0 Å². The van der Waals surface area contributed by atoms with Gasteiger partial charge in [-0.1, -0.05) is 0 Å². The molecule has 3 rings (SSSR count). The summed E-state index contributed by atoms with van der Waals surface area (Å²) in [5, 5.41) is 10.5. The fraction of sp³-hybridized carbons (Fsp3) is 0.500. The van der Waals surface area contributed by atoms with Gasteiger partial charge < -0.3 is 14.7 Å². The molecule has 8 heteroatoms. The number of aliphatic hydroxyl groups is 1. The first-order valence-corrected chi connectivity index (χ1v) is 10.2. The van der Waals surface area contributed by atoms with E-state index in [1.807, 2.05) is 0 Å². The molecule has 0 atom stereocenters. The molecule has 1 aliphatic carbocycles. The van der Waals surface area contributed by atoms with Crippen LogP contribution in [-0.4, -0.2) is 53.8 Å². The van der Waals surface area contributed by atoms with E-state index in [1.165, 1.54) is 13.1 Å². The summed E-state index contributed by atoms with van der Waals surface area (Å²) in [4.78, 5) is 29.5. The van der Waals surface area contributed by atoms with Crippen LogP contribution >= 0.6 is 0 Å². The molecule has 1 N–H and O–H groups in total. The monoisotopic (exact) mass is 420 g/mol. The summed E-state index contributed by atoms with van der Waals surface area (Å²) in [6.07, 6.45) is 3.99. The van der Waals surface area contributed by atoms with Gasteiger partial charge in [0.25, 0.3) is 0 Å². The molecule has 162 valence electrons. The van der Waals surface area contributed by atoms with Crippen molar-refractivity contribution in [1.29, 1.82) is 0 Å².